The molecule has 1 aromatic heterocycles. The van der Waals surface area contributed by atoms with Crippen LogP contribution in [0.3, 0.4) is 0 Å². The Morgan fingerprint density at radius 3 is 2.70 bits per heavy atom. The van der Waals surface area contributed by atoms with Gasteiger partial charge < -0.3 is 5.73 Å². The van der Waals surface area contributed by atoms with Crippen molar-refractivity contribution >= 4 is 37.3 Å². The van der Waals surface area contributed by atoms with Crippen LogP contribution >= 0.6 is 11.8 Å². The molecule has 1 saturated heterocycles. The second-order valence-corrected chi connectivity index (χ2v) is 9.60. The molecule has 7 nitrogen and oxygen atoms in total. The molecular weight excluding hydrogens is 322 g/mol. The molecule has 0 aromatic carbocycles. The molecule has 10 heteroatoms. The third-order valence-corrected chi connectivity index (χ3v) is 7.66. The first-order valence-corrected chi connectivity index (χ1v) is 10.3. The van der Waals surface area contributed by atoms with Crippen LogP contribution in [-0.2, 0) is 19.9 Å². The number of hydrogen-bond acceptors (Lipinski definition) is 7. The van der Waals surface area contributed by atoms with Gasteiger partial charge >= 0.3 is 0 Å². The Bertz CT molecular complexity index is 702. The molecule has 0 amide bonds. The van der Waals surface area contributed by atoms with E-state index in [0.29, 0.717) is 5.75 Å². The van der Waals surface area contributed by atoms with E-state index in [1.807, 2.05) is 0 Å². The van der Waals surface area contributed by atoms with Crippen LogP contribution in [0.25, 0.3) is 0 Å². The molecule has 1 aliphatic rings. The summed E-state index contributed by atoms with van der Waals surface area (Å²) in [6.45, 7) is 0.138. The molecule has 1 fully saturated rings. The van der Waals surface area contributed by atoms with E-state index in [1.165, 1.54) is 24.0 Å². The predicted octanol–water partition coefficient (Wildman–Crippen LogP) is -0.228. The first-order valence-electron chi connectivity index (χ1n) is 5.72. The molecule has 112 valence electrons. The van der Waals surface area contributed by atoms with Crippen LogP contribution in [0, 0.1) is 0 Å². The van der Waals surface area contributed by atoms with Crippen LogP contribution in [0.4, 0.5) is 5.69 Å². The summed E-state index contributed by atoms with van der Waals surface area (Å²) < 4.78 is 49.8. The minimum Gasteiger partial charge on any atom is -0.398 e. The van der Waals surface area contributed by atoms with Gasteiger partial charge in [-0.05, 0) is 6.07 Å². The zero-order valence-corrected chi connectivity index (χ0v) is 13.2. The maximum atomic E-state index is 12.6. The first kappa shape index (κ1) is 15.5. The van der Waals surface area contributed by atoms with Gasteiger partial charge in [-0.1, -0.05) is 0 Å². The van der Waals surface area contributed by atoms with Crippen LogP contribution in [0.2, 0.25) is 0 Å². The lowest BCUT2D eigenvalue weighted by atomic mass is 10.4. The highest BCUT2D eigenvalue weighted by atomic mass is 32.2. The number of aromatic nitrogens is 1. The van der Waals surface area contributed by atoms with Gasteiger partial charge in [0.05, 0.1) is 5.69 Å². The van der Waals surface area contributed by atoms with Gasteiger partial charge in [0, 0.05) is 36.7 Å². The van der Waals surface area contributed by atoms with E-state index >= 15 is 0 Å². The number of thioether (sulfide) groups is 1. The van der Waals surface area contributed by atoms with Gasteiger partial charge in [0.25, 0.3) is 0 Å². The van der Waals surface area contributed by atoms with Crippen LogP contribution in [0.5, 0.6) is 0 Å². The maximum absolute atomic E-state index is 12.6. The second kappa shape index (κ2) is 5.51. The van der Waals surface area contributed by atoms with Crippen molar-refractivity contribution in [3.63, 3.8) is 0 Å². The van der Waals surface area contributed by atoms with Crippen molar-refractivity contribution in [2.75, 3.05) is 30.0 Å². The molecule has 0 saturated carbocycles. The Hall–Kier alpha value is -0.840. The van der Waals surface area contributed by atoms with Crippen LogP contribution in [0.1, 0.15) is 0 Å². The monoisotopic (exact) mass is 337 g/mol. The molecule has 2 rings (SSSR count). The molecule has 1 aromatic rings. The number of nitrogens with zero attached hydrogens (tertiary/aromatic N) is 2. The second-order valence-electron chi connectivity index (χ2n) is 4.39. The van der Waals surface area contributed by atoms with Crippen molar-refractivity contribution in [1.29, 1.82) is 0 Å². The summed E-state index contributed by atoms with van der Waals surface area (Å²) in [5, 5.41) is -1.06. The molecule has 20 heavy (non-hydrogen) atoms. The fourth-order valence-corrected chi connectivity index (χ4v) is 7.14. The van der Waals surface area contributed by atoms with Crippen LogP contribution in [-0.4, -0.2) is 55.8 Å². The molecule has 2 N–H and O–H groups in total. The summed E-state index contributed by atoms with van der Waals surface area (Å²) in [6.07, 6.45) is 3.57. The van der Waals surface area contributed by atoms with E-state index in [2.05, 4.69) is 4.98 Å². The molecule has 0 bridgehead atoms. The normalized spacial score (nSPS) is 21.8. The minimum atomic E-state index is -3.97. The maximum Gasteiger partial charge on any atom is 0.247 e. The molecule has 1 aliphatic heterocycles. The quantitative estimate of drug-likeness (QED) is 0.811. The van der Waals surface area contributed by atoms with E-state index in [-0.39, 0.29) is 22.9 Å². The zero-order chi connectivity index (χ0) is 15.0. The Morgan fingerprint density at radius 2 is 2.10 bits per heavy atom. The topological polar surface area (TPSA) is 110 Å². The number of pyridine rings is 1. The van der Waals surface area contributed by atoms with Gasteiger partial charge in [0.15, 0.2) is 9.84 Å². The smallest absolute Gasteiger partial charge is 0.247 e. The van der Waals surface area contributed by atoms with Crippen molar-refractivity contribution in [3.8, 4) is 0 Å². The lowest BCUT2D eigenvalue weighted by molar-refractivity contribution is 0.405. The third kappa shape index (κ3) is 2.92. The van der Waals surface area contributed by atoms with Crippen molar-refractivity contribution in [2.45, 2.75) is 10.3 Å². The number of sulfonamides is 1. The number of hydrogen-bond donors (Lipinski definition) is 1. The van der Waals surface area contributed by atoms with Crippen molar-refractivity contribution in [2.24, 2.45) is 0 Å². The number of nitrogen functional groups attached to an aromatic ring is 1. The highest BCUT2D eigenvalue weighted by Gasteiger charge is 2.40. The first-order chi connectivity index (χ1) is 9.24. The van der Waals surface area contributed by atoms with E-state index < -0.39 is 25.2 Å². The number of anilines is 1. The van der Waals surface area contributed by atoms with Crippen molar-refractivity contribution in [3.05, 3.63) is 18.5 Å². The van der Waals surface area contributed by atoms with Gasteiger partial charge in [0.1, 0.15) is 10.3 Å². The molecular formula is C10H15N3O4S3. The van der Waals surface area contributed by atoms with E-state index in [0.717, 1.165) is 16.8 Å². The summed E-state index contributed by atoms with van der Waals surface area (Å²) in [5.41, 5.74) is 5.73. The van der Waals surface area contributed by atoms with Crippen LogP contribution in [0.15, 0.2) is 23.4 Å². The van der Waals surface area contributed by atoms with Crippen molar-refractivity contribution in [1.82, 2.24) is 9.29 Å². The summed E-state index contributed by atoms with van der Waals surface area (Å²) in [7, 11) is -7.49. The Kier molecular flexibility index (Phi) is 4.28. The van der Waals surface area contributed by atoms with Gasteiger partial charge in [-0.2, -0.15) is 16.1 Å². The van der Waals surface area contributed by atoms with E-state index in [9.17, 15) is 16.8 Å². The fourth-order valence-electron chi connectivity index (χ4n) is 1.91. The standard InChI is InChI=1S/C10H15N3O4S3/c1-19(14,15)10-7-18-5-4-13(10)20(16,17)9-6-12-3-2-8(9)11/h2-3,6,10H,4-5,7H2,1H3,(H2,11,12). The van der Waals surface area contributed by atoms with E-state index in [4.69, 9.17) is 5.73 Å². The summed E-state index contributed by atoms with van der Waals surface area (Å²) >= 11 is 1.42. The average Bonchev–Trinajstić information content (AvgIpc) is 2.38. The molecule has 1 atom stereocenters. The Morgan fingerprint density at radius 1 is 1.40 bits per heavy atom. The molecule has 0 radical (unpaired) electrons. The summed E-state index contributed by atoms with van der Waals surface area (Å²) in [4.78, 5) is 3.60. The molecule has 2 heterocycles. The largest absolute Gasteiger partial charge is 0.398 e. The molecule has 0 spiro atoms. The number of rotatable bonds is 3. The fraction of sp³-hybridized carbons (Fsp3) is 0.500. The van der Waals surface area contributed by atoms with Gasteiger partial charge in [-0.3, -0.25) is 4.98 Å². The van der Waals surface area contributed by atoms with Gasteiger partial charge in [-0.25, -0.2) is 16.8 Å². The Balaban J connectivity index is 2.50. The van der Waals surface area contributed by atoms with Gasteiger partial charge in [0.2, 0.25) is 10.0 Å². The summed E-state index contributed by atoms with van der Waals surface area (Å²) in [5.74, 6) is 0.768. The number of nitrogens with two attached hydrogens (primary N) is 1. The Labute approximate surface area is 122 Å². The van der Waals surface area contributed by atoms with Gasteiger partial charge in [-0.15, -0.1) is 0 Å². The highest BCUT2D eigenvalue weighted by molar-refractivity contribution is 8.01. The summed E-state index contributed by atoms with van der Waals surface area (Å²) in [6, 6.07) is 1.38. The zero-order valence-electron chi connectivity index (χ0n) is 10.8. The minimum absolute atomic E-state index is 0.0606. The molecule has 1 unspecified atom stereocenters. The van der Waals surface area contributed by atoms with Crippen LogP contribution < -0.4 is 5.73 Å². The van der Waals surface area contributed by atoms with Crippen molar-refractivity contribution < 1.29 is 16.8 Å². The highest BCUT2D eigenvalue weighted by Crippen LogP contribution is 2.29. The lowest BCUT2D eigenvalue weighted by Crippen LogP contribution is -2.49. The molecule has 0 aliphatic carbocycles. The lowest BCUT2D eigenvalue weighted by Gasteiger charge is -2.33. The predicted molar refractivity (Wildman–Crippen MR) is 78.5 cm³/mol. The third-order valence-electron chi connectivity index (χ3n) is 2.93. The average molecular weight is 337 g/mol. The number of sulfone groups is 1. The van der Waals surface area contributed by atoms with E-state index in [1.54, 1.807) is 0 Å². The SMILES string of the molecule is CS(=O)(=O)C1CSCCN1S(=O)(=O)c1cnccc1N.